The van der Waals surface area contributed by atoms with Crippen molar-refractivity contribution in [1.29, 1.82) is 0 Å². The molecule has 0 spiro atoms. The summed E-state index contributed by atoms with van der Waals surface area (Å²) >= 11 is 18.6. The molecule has 2 saturated heterocycles. The number of alkyl halides is 3. The summed E-state index contributed by atoms with van der Waals surface area (Å²) in [6.07, 6.45) is -11.1. The third-order valence-corrected chi connectivity index (χ3v) is 12.4. The number of carbonyl (C=O) groups is 8. The minimum atomic E-state index is -2.12. The van der Waals surface area contributed by atoms with E-state index >= 15 is 0 Å². The van der Waals surface area contributed by atoms with Crippen LogP contribution in [0.4, 0.5) is 4.79 Å². The highest BCUT2D eigenvalue weighted by Crippen LogP contribution is 2.41. The van der Waals surface area contributed by atoms with Crippen molar-refractivity contribution in [2.24, 2.45) is 0 Å². The van der Waals surface area contributed by atoms with Crippen molar-refractivity contribution < 1.29 is 81.0 Å². The number of carbonyl (C=O) groups excluding carboxylic acids is 8. The molecule has 0 saturated carbocycles. The molecule has 2 heterocycles. The minimum Gasteiger partial charge on any atom is -0.463 e. The van der Waals surface area contributed by atoms with Crippen molar-refractivity contribution in [3.8, 4) is 0 Å². The smallest absolute Gasteiger partial charge is 0.407 e. The Morgan fingerprint density at radius 3 is 1.43 bits per heavy atom. The second kappa shape index (κ2) is 25.8. The number of ether oxygens (including phenoxy) is 9. The third-order valence-electron chi connectivity index (χ3n) is 10.5. The minimum absolute atomic E-state index is 0.00981. The van der Waals surface area contributed by atoms with E-state index in [4.69, 9.17) is 77.4 Å². The molecule has 10 atom stereocenters. The molecule has 2 amide bonds. The van der Waals surface area contributed by atoms with Crippen LogP contribution in [0.15, 0.2) is 121 Å². The topological polar surface area (TPSA) is 244 Å². The maximum atomic E-state index is 14.2. The zero-order chi connectivity index (χ0) is 52.0. The van der Waals surface area contributed by atoms with E-state index in [0.29, 0.717) is 0 Å². The van der Waals surface area contributed by atoms with Gasteiger partial charge in [0.05, 0.1) is 27.5 Å². The maximum Gasteiger partial charge on any atom is 0.407 e. The molecule has 4 aromatic rings. The summed E-state index contributed by atoms with van der Waals surface area (Å²) in [6, 6.07) is 27.6. The molecule has 0 unspecified atom stereocenters. The van der Waals surface area contributed by atoms with Gasteiger partial charge in [-0.05, 0) is 48.5 Å². The quantitative estimate of drug-likeness (QED) is 0.0682. The average molecular weight is 1070 g/mol. The summed E-state index contributed by atoms with van der Waals surface area (Å²) in [5.74, 6) is -6.07. The van der Waals surface area contributed by atoms with E-state index in [1.165, 1.54) is 48.5 Å². The van der Waals surface area contributed by atoms with Crippen molar-refractivity contribution in [1.82, 2.24) is 10.6 Å². The average Bonchev–Trinajstić information content (AvgIpc) is 3.35. The van der Waals surface area contributed by atoms with E-state index in [9.17, 15) is 38.4 Å². The summed E-state index contributed by atoms with van der Waals surface area (Å²) in [5, 5.41) is 3.84. The lowest BCUT2D eigenvalue weighted by Crippen LogP contribution is -2.68. The first-order chi connectivity index (χ1) is 34.4. The van der Waals surface area contributed by atoms with Crippen molar-refractivity contribution in [3.63, 3.8) is 0 Å². The summed E-state index contributed by atoms with van der Waals surface area (Å²) < 4.78 is 51.4. The first-order valence-electron chi connectivity index (χ1n) is 21.9. The molecule has 19 nitrogen and oxygen atoms in total. The number of thioether (sulfide) groups is 1. The van der Waals surface area contributed by atoms with Gasteiger partial charge in [0, 0.05) is 20.8 Å². The SMILES string of the molecule is CC(=O)N[C@H]1[C@@H](OC(C)=O)O[C@H](COC(C)=O)[C@@H](S[C@@H]2O[C@H](COC(=O)c3ccccc3)[C@@H](OC(=O)c3ccccc3)[C@H](OC(=O)c3ccccc3)[C@H]2NC(=O)OCC(Cl)(Cl)Cl)[C@@H]1OC(=O)c1ccccc1. The Morgan fingerprint density at radius 1 is 0.514 bits per heavy atom. The van der Waals surface area contributed by atoms with Crippen LogP contribution in [-0.2, 0) is 57.0 Å². The van der Waals surface area contributed by atoms with Crippen LogP contribution in [0.1, 0.15) is 62.2 Å². The molecular formula is C49H47Cl3N2O17S. The Hall–Kier alpha value is -6.42. The van der Waals surface area contributed by atoms with Gasteiger partial charge < -0.3 is 53.3 Å². The van der Waals surface area contributed by atoms with Crippen LogP contribution >= 0.6 is 46.6 Å². The molecule has 2 aliphatic rings. The van der Waals surface area contributed by atoms with Crippen LogP contribution < -0.4 is 10.6 Å². The fraction of sp³-hybridized carbons (Fsp3) is 0.347. The summed E-state index contributed by atoms with van der Waals surface area (Å²) in [7, 11) is 0. The van der Waals surface area contributed by atoms with Crippen molar-refractivity contribution in [3.05, 3.63) is 144 Å². The van der Waals surface area contributed by atoms with Crippen LogP contribution in [0.5, 0.6) is 0 Å². The van der Waals surface area contributed by atoms with Gasteiger partial charge in [0.2, 0.25) is 16.0 Å². The number of benzene rings is 4. The highest BCUT2D eigenvalue weighted by Gasteiger charge is 2.57. The van der Waals surface area contributed by atoms with Crippen LogP contribution in [0.2, 0.25) is 0 Å². The highest BCUT2D eigenvalue weighted by molar-refractivity contribution is 8.00. The van der Waals surface area contributed by atoms with Crippen molar-refractivity contribution >= 4 is 94.4 Å². The van der Waals surface area contributed by atoms with Gasteiger partial charge in [-0.1, -0.05) is 108 Å². The largest absolute Gasteiger partial charge is 0.463 e. The molecule has 72 heavy (non-hydrogen) atoms. The first-order valence-corrected chi connectivity index (χ1v) is 24.0. The Kier molecular flexibility index (Phi) is 19.7. The molecule has 0 aromatic heterocycles. The Bertz CT molecular complexity index is 2530. The van der Waals surface area contributed by atoms with Crippen LogP contribution in [0, 0.1) is 0 Å². The summed E-state index contributed by atoms with van der Waals surface area (Å²) in [4.78, 5) is 108. The molecule has 0 bridgehead atoms. The van der Waals surface area contributed by atoms with Crippen molar-refractivity contribution in [2.75, 3.05) is 19.8 Å². The second-order valence-corrected chi connectivity index (χ2v) is 19.7. The predicted molar refractivity (Wildman–Crippen MR) is 257 cm³/mol. The molecule has 382 valence electrons. The molecule has 23 heteroatoms. The monoisotopic (exact) mass is 1070 g/mol. The fourth-order valence-corrected chi connectivity index (χ4v) is 9.15. The molecule has 6 rings (SSSR count). The Balaban J connectivity index is 1.53. The summed E-state index contributed by atoms with van der Waals surface area (Å²) in [5.41, 5.74) is -1.40. The van der Waals surface area contributed by atoms with E-state index in [-0.39, 0.29) is 22.3 Å². The molecular weight excluding hydrogens is 1030 g/mol. The normalized spacial score (nSPS) is 23.7. The number of amides is 2. The van der Waals surface area contributed by atoms with Gasteiger partial charge >= 0.3 is 41.9 Å². The number of rotatable bonds is 17. The third kappa shape index (κ3) is 15.8. The number of hydrogen-bond donors (Lipinski definition) is 2. The highest BCUT2D eigenvalue weighted by atomic mass is 35.6. The molecule has 0 aliphatic carbocycles. The molecule has 2 aliphatic heterocycles. The number of halogens is 3. The zero-order valence-electron chi connectivity index (χ0n) is 38.4. The Morgan fingerprint density at radius 2 is 0.972 bits per heavy atom. The standard InChI is InChI=1S/C49H47Cl3N2O17S/c1-27(55)53-36-40(71-45(61)33-22-14-7-15-23-33)41(35(25-63-28(2)56)67-46(36)66-29(3)57)72-47-37(54-48(62)65-26-49(50,51)52)39(70-44(60)32-20-12-6-13-21-32)38(69-43(59)31-18-10-5-11-19-31)34(68-47)24-64-42(58)30-16-8-4-9-17-30/h4-23,34-41,46-47H,24-26H2,1-3H3,(H,53,55)(H,54,62)/t34-,35-,36-,37-,38-,39-,40-,41-,46+,47+/m1/s1. The first kappa shape index (κ1) is 54.9. The fourth-order valence-electron chi connectivity index (χ4n) is 7.38. The van der Waals surface area contributed by atoms with E-state index in [2.05, 4.69) is 10.6 Å². The van der Waals surface area contributed by atoms with Crippen LogP contribution in [0.25, 0.3) is 0 Å². The van der Waals surface area contributed by atoms with Crippen LogP contribution in [0.3, 0.4) is 0 Å². The maximum absolute atomic E-state index is 14.2. The molecule has 4 aromatic carbocycles. The van der Waals surface area contributed by atoms with Gasteiger partial charge in [-0.15, -0.1) is 11.8 Å². The molecule has 2 fully saturated rings. The van der Waals surface area contributed by atoms with Gasteiger partial charge in [-0.3, -0.25) is 14.4 Å². The van der Waals surface area contributed by atoms with Gasteiger partial charge in [0.15, 0.2) is 12.2 Å². The number of alkyl carbamates (subject to hydrolysis) is 1. The second-order valence-electron chi connectivity index (χ2n) is 15.9. The lowest BCUT2D eigenvalue weighted by atomic mass is 9.97. The molecule has 2 N–H and O–H groups in total. The van der Waals surface area contributed by atoms with E-state index in [1.54, 1.807) is 72.8 Å². The Labute approximate surface area is 431 Å². The van der Waals surface area contributed by atoms with Gasteiger partial charge in [0.25, 0.3) is 0 Å². The van der Waals surface area contributed by atoms with Gasteiger partial charge in [-0.25, -0.2) is 24.0 Å². The predicted octanol–water partition coefficient (Wildman–Crippen LogP) is 6.17. The van der Waals surface area contributed by atoms with E-state index in [0.717, 1.165) is 32.5 Å². The zero-order valence-corrected chi connectivity index (χ0v) is 41.5. The van der Waals surface area contributed by atoms with Crippen LogP contribution in [-0.4, -0.2) is 131 Å². The number of esters is 6. The molecule has 0 radical (unpaired) electrons. The van der Waals surface area contributed by atoms with Gasteiger partial charge in [0.1, 0.15) is 55.7 Å². The lowest BCUT2D eigenvalue weighted by Gasteiger charge is -2.49. The number of hydrogen-bond acceptors (Lipinski definition) is 18. The van der Waals surface area contributed by atoms with Gasteiger partial charge in [-0.2, -0.15) is 0 Å². The van der Waals surface area contributed by atoms with E-state index < -0.39 is 131 Å². The van der Waals surface area contributed by atoms with E-state index in [1.807, 2.05) is 0 Å². The van der Waals surface area contributed by atoms with Crippen molar-refractivity contribution in [2.45, 2.75) is 84.1 Å². The summed E-state index contributed by atoms with van der Waals surface area (Å²) in [6.45, 7) is 1.22. The number of nitrogens with one attached hydrogen (secondary N) is 2. The lowest BCUT2D eigenvalue weighted by molar-refractivity contribution is -0.232.